The summed E-state index contributed by atoms with van der Waals surface area (Å²) >= 11 is 0. The zero-order chi connectivity index (χ0) is 51.3. The topological polar surface area (TPSA) is 111 Å². The maximum absolute atomic E-state index is 12.8. The molecule has 10 heteroatoms. The first-order chi connectivity index (χ1) is 34.0. The number of esters is 2. The molecule has 70 heavy (non-hydrogen) atoms. The number of allylic oxidation sites excluding steroid dienone is 4. The standard InChI is InChI=1S/C60H116NO8P/c1-6-8-10-12-14-16-18-20-21-22-23-24-25-26-27-28-29-30-31-32-33-34-35-36-37-38-39-41-43-45-47-49-51-53-60(63)69-58(57-68-70(64,65)67-55-54-61(3,4)5)56-66-59(62)52-50-48-46-44-42-40-19-17-15-13-11-9-7-2/h17,19,22-23,58H,6-16,18,20-21,24-57H2,1-5H3/b19-17-,23-22-. The number of carbonyl (C=O) groups excluding carboxylic acids is 2. The van der Waals surface area contributed by atoms with Gasteiger partial charge in [-0.15, -0.1) is 0 Å². The highest BCUT2D eigenvalue weighted by Gasteiger charge is 2.22. The Kier molecular flexibility index (Phi) is 51.2. The van der Waals surface area contributed by atoms with E-state index in [1.165, 1.54) is 212 Å². The third-order valence-corrected chi connectivity index (χ3v) is 14.4. The number of phosphoric ester groups is 1. The van der Waals surface area contributed by atoms with E-state index in [1.54, 1.807) is 0 Å². The predicted molar refractivity (Wildman–Crippen MR) is 296 cm³/mol. The Morgan fingerprint density at radius 1 is 0.429 bits per heavy atom. The lowest BCUT2D eigenvalue weighted by Gasteiger charge is -2.28. The van der Waals surface area contributed by atoms with Crippen molar-refractivity contribution in [2.24, 2.45) is 0 Å². The molecule has 0 aromatic carbocycles. The summed E-state index contributed by atoms with van der Waals surface area (Å²) in [5.41, 5.74) is 0. The molecule has 0 N–H and O–H groups in total. The number of nitrogens with zero attached hydrogens (tertiary/aromatic N) is 1. The molecule has 0 aliphatic carbocycles. The van der Waals surface area contributed by atoms with E-state index < -0.39 is 26.5 Å². The van der Waals surface area contributed by atoms with Crippen LogP contribution in [0, 0.1) is 0 Å². The number of likely N-dealkylation sites (N-methyl/N-ethyl adjacent to an activating group) is 1. The molecular weight excluding hydrogens is 894 g/mol. The second kappa shape index (κ2) is 52.4. The van der Waals surface area contributed by atoms with E-state index in [0.29, 0.717) is 17.4 Å². The molecule has 2 atom stereocenters. The Balaban J connectivity index is 3.96. The van der Waals surface area contributed by atoms with Gasteiger partial charge in [-0.2, -0.15) is 0 Å². The molecule has 0 heterocycles. The van der Waals surface area contributed by atoms with E-state index >= 15 is 0 Å². The molecule has 0 radical (unpaired) electrons. The number of hydrogen-bond donors (Lipinski definition) is 0. The summed E-state index contributed by atoms with van der Waals surface area (Å²) in [7, 11) is 1.18. The molecule has 0 rings (SSSR count). The average molecular weight is 1010 g/mol. The quantitative estimate of drug-likeness (QED) is 0.0195. The molecule has 0 spiro atoms. The van der Waals surface area contributed by atoms with Crippen LogP contribution in [0.4, 0.5) is 0 Å². The van der Waals surface area contributed by atoms with Gasteiger partial charge in [0.05, 0.1) is 27.7 Å². The molecule has 0 aromatic heterocycles. The SMILES string of the molecule is CCCCCC/C=C\CCCCCCCC(=O)OCC(COP(=O)([O-])OCC[N+](C)(C)C)OC(=O)CCCCCCCCCCCCCCCCCCCCCCC/C=C\CCCCCCCCCC. The summed E-state index contributed by atoms with van der Waals surface area (Å²) in [5, 5.41) is 0. The van der Waals surface area contributed by atoms with Crippen molar-refractivity contribution in [1.82, 2.24) is 0 Å². The van der Waals surface area contributed by atoms with E-state index in [1.807, 2.05) is 21.1 Å². The minimum atomic E-state index is -4.63. The molecule has 0 aromatic rings. The van der Waals surface area contributed by atoms with E-state index in [0.717, 1.165) is 51.4 Å². The summed E-state index contributed by atoms with van der Waals surface area (Å²) in [4.78, 5) is 37.8. The number of phosphoric acid groups is 1. The molecule has 0 amide bonds. The minimum absolute atomic E-state index is 0.0294. The van der Waals surface area contributed by atoms with Crippen molar-refractivity contribution in [3.05, 3.63) is 24.3 Å². The normalized spacial score (nSPS) is 13.4. The molecule has 0 fully saturated rings. The average Bonchev–Trinajstić information content (AvgIpc) is 3.32. The van der Waals surface area contributed by atoms with Crippen LogP contribution in [0.25, 0.3) is 0 Å². The first kappa shape index (κ1) is 68.5. The van der Waals surface area contributed by atoms with Crippen molar-refractivity contribution in [1.29, 1.82) is 0 Å². The van der Waals surface area contributed by atoms with Crippen LogP contribution in [0.1, 0.15) is 296 Å². The van der Waals surface area contributed by atoms with Crippen LogP contribution in [0.3, 0.4) is 0 Å². The summed E-state index contributed by atoms with van der Waals surface area (Å²) in [6.45, 7) is 4.25. The summed E-state index contributed by atoms with van der Waals surface area (Å²) < 4.78 is 34.1. The fourth-order valence-electron chi connectivity index (χ4n) is 8.77. The van der Waals surface area contributed by atoms with Crippen LogP contribution in [-0.4, -0.2) is 70.0 Å². The van der Waals surface area contributed by atoms with Gasteiger partial charge in [-0.1, -0.05) is 244 Å². The van der Waals surface area contributed by atoms with Crippen molar-refractivity contribution >= 4 is 19.8 Å². The predicted octanol–water partition coefficient (Wildman–Crippen LogP) is 18.0. The number of unbranched alkanes of at least 4 members (excludes halogenated alkanes) is 38. The van der Waals surface area contributed by atoms with Crippen molar-refractivity contribution in [2.75, 3.05) is 47.5 Å². The lowest BCUT2D eigenvalue weighted by Crippen LogP contribution is -2.37. The maximum Gasteiger partial charge on any atom is 0.306 e. The molecule has 0 aliphatic heterocycles. The van der Waals surface area contributed by atoms with Crippen LogP contribution in [0.5, 0.6) is 0 Å². The Morgan fingerprint density at radius 2 is 0.729 bits per heavy atom. The third-order valence-electron chi connectivity index (χ3n) is 13.4. The van der Waals surface area contributed by atoms with Gasteiger partial charge in [0.2, 0.25) is 0 Å². The van der Waals surface area contributed by atoms with Crippen molar-refractivity contribution < 1.29 is 42.1 Å². The molecule has 0 saturated carbocycles. The van der Waals surface area contributed by atoms with Crippen LogP contribution in [-0.2, 0) is 32.7 Å². The Hall–Kier alpha value is -1.51. The molecule has 9 nitrogen and oxygen atoms in total. The Morgan fingerprint density at radius 3 is 1.07 bits per heavy atom. The molecular formula is C60H116NO8P. The summed E-state index contributed by atoms with van der Waals surface area (Å²) in [6.07, 6.45) is 62.5. The fraction of sp³-hybridized carbons (Fsp3) is 0.900. The van der Waals surface area contributed by atoms with Crippen LogP contribution in [0.2, 0.25) is 0 Å². The monoisotopic (exact) mass is 1010 g/mol. The van der Waals surface area contributed by atoms with E-state index in [9.17, 15) is 19.0 Å². The number of hydrogen-bond acceptors (Lipinski definition) is 8. The highest BCUT2D eigenvalue weighted by atomic mass is 31.2. The third kappa shape index (κ3) is 55.8. The highest BCUT2D eigenvalue weighted by molar-refractivity contribution is 7.45. The molecule has 0 aliphatic rings. The highest BCUT2D eigenvalue weighted by Crippen LogP contribution is 2.38. The lowest BCUT2D eigenvalue weighted by molar-refractivity contribution is -0.870. The second-order valence-corrected chi connectivity index (χ2v) is 23.1. The van der Waals surface area contributed by atoms with Gasteiger partial charge < -0.3 is 27.9 Å². The van der Waals surface area contributed by atoms with Crippen molar-refractivity contribution in [3.8, 4) is 0 Å². The largest absolute Gasteiger partial charge is 0.756 e. The minimum Gasteiger partial charge on any atom is -0.756 e. The van der Waals surface area contributed by atoms with Crippen LogP contribution >= 0.6 is 7.82 Å². The summed E-state index contributed by atoms with van der Waals surface area (Å²) in [6, 6.07) is 0. The first-order valence-corrected chi connectivity index (χ1v) is 31.5. The van der Waals surface area contributed by atoms with Gasteiger partial charge in [0, 0.05) is 12.8 Å². The second-order valence-electron chi connectivity index (χ2n) is 21.7. The van der Waals surface area contributed by atoms with Crippen molar-refractivity contribution in [2.45, 2.75) is 302 Å². The van der Waals surface area contributed by atoms with Gasteiger partial charge >= 0.3 is 11.9 Å². The Labute approximate surface area is 434 Å². The Bertz CT molecular complexity index is 1240. The van der Waals surface area contributed by atoms with Gasteiger partial charge in [0.1, 0.15) is 19.8 Å². The van der Waals surface area contributed by atoms with Crippen LogP contribution < -0.4 is 4.89 Å². The molecule has 2 unspecified atom stereocenters. The number of carbonyl (C=O) groups is 2. The smallest absolute Gasteiger partial charge is 0.306 e. The van der Waals surface area contributed by atoms with Crippen molar-refractivity contribution in [3.63, 3.8) is 0 Å². The molecule has 0 bridgehead atoms. The number of ether oxygens (including phenoxy) is 2. The molecule has 414 valence electrons. The van der Waals surface area contributed by atoms with Gasteiger partial charge in [-0.05, 0) is 64.2 Å². The fourth-order valence-corrected chi connectivity index (χ4v) is 9.49. The van der Waals surface area contributed by atoms with E-state index in [4.69, 9.17) is 18.5 Å². The van der Waals surface area contributed by atoms with Gasteiger partial charge in [0.25, 0.3) is 7.82 Å². The van der Waals surface area contributed by atoms with E-state index in [2.05, 4.69) is 38.2 Å². The lowest BCUT2D eigenvalue weighted by atomic mass is 10.0. The maximum atomic E-state index is 12.8. The van der Waals surface area contributed by atoms with E-state index in [-0.39, 0.29) is 32.0 Å². The van der Waals surface area contributed by atoms with Crippen LogP contribution in [0.15, 0.2) is 24.3 Å². The van der Waals surface area contributed by atoms with Gasteiger partial charge in [0.15, 0.2) is 6.10 Å². The van der Waals surface area contributed by atoms with Gasteiger partial charge in [-0.3, -0.25) is 14.2 Å². The molecule has 0 saturated heterocycles. The number of rotatable bonds is 56. The zero-order valence-corrected chi connectivity index (χ0v) is 47.9. The van der Waals surface area contributed by atoms with Gasteiger partial charge in [-0.25, -0.2) is 0 Å². The summed E-state index contributed by atoms with van der Waals surface area (Å²) in [5.74, 6) is -0.830. The number of quaternary nitrogens is 1. The first-order valence-electron chi connectivity index (χ1n) is 30.0. The zero-order valence-electron chi connectivity index (χ0n) is 47.0.